The molecule has 3 rings (SSSR count). The van der Waals surface area contributed by atoms with E-state index in [1.165, 1.54) is 0 Å². The predicted molar refractivity (Wildman–Crippen MR) is 84.7 cm³/mol. The van der Waals surface area contributed by atoms with Crippen LogP contribution >= 0.6 is 0 Å². The van der Waals surface area contributed by atoms with E-state index in [2.05, 4.69) is 16.0 Å². The fraction of sp³-hybridized carbons (Fsp3) is 0.278. The summed E-state index contributed by atoms with van der Waals surface area (Å²) >= 11 is 0. The molecule has 22 heavy (non-hydrogen) atoms. The van der Waals surface area contributed by atoms with Crippen LogP contribution < -0.4 is 4.90 Å². The standard InChI is InChI=1S/C18H17N3O/c19-12-14-6-7-17(20-13-14)21-10-8-16(9-11-21)18(22)15-4-2-1-3-5-15/h1-7,13,16H,8-11H2. The number of carbonyl (C=O) groups is 1. The van der Waals surface area contributed by atoms with E-state index in [1.807, 2.05) is 36.4 Å². The first kappa shape index (κ1) is 14.3. The van der Waals surface area contributed by atoms with E-state index in [9.17, 15) is 4.79 Å². The maximum Gasteiger partial charge on any atom is 0.166 e. The molecule has 1 aliphatic rings. The van der Waals surface area contributed by atoms with Crippen molar-refractivity contribution in [2.45, 2.75) is 12.8 Å². The Morgan fingerprint density at radius 1 is 1.14 bits per heavy atom. The minimum atomic E-state index is 0.0945. The van der Waals surface area contributed by atoms with Crippen molar-refractivity contribution in [3.63, 3.8) is 0 Å². The van der Waals surface area contributed by atoms with Gasteiger partial charge in [-0.25, -0.2) is 4.98 Å². The summed E-state index contributed by atoms with van der Waals surface area (Å²) in [4.78, 5) is 19.0. The molecule has 1 aromatic heterocycles. The minimum absolute atomic E-state index is 0.0945. The van der Waals surface area contributed by atoms with Crippen LogP contribution in [-0.2, 0) is 0 Å². The number of nitriles is 1. The number of hydrogen-bond acceptors (Lipinski definition) is 4. The Kier molecular flexibility index (Phi) is 4.15. The summed E-state index contributed by atoms with van der Waals surface area (Å²) in [5.41, 5.74) is 1.37. The van der Waals surface area contributed by atoms with Crippen LogP contribution in [-0.4, -0.2) is 23.9 Å². The monoisotopic (exact) mass is 291 g/mol. The summed E-state index contributed by atoms with van der Waals surface area (Å²) in [6, 6.07) is 15.2. The molecule has 2 aromatic rings. The van der Waals surface area contributed by atoms with Crippen molar-refractivity contribution < 1.29 is 4.79 Å². The number of nitrogens with zero attached hydrogens (tertiary/aromatic N) is 3. The SMILES string of the molecule is N#Cc1ccc(N2CCC(C(=O)c3ccccc3)CC2)nc1. The van der Waals surface area contributed by atoms with Gasteiger partial charge in [-0.15, -0.1) is 0 Å². The van der Waals surface area contributed by atoms with Gasteiger partial charge >= 0.3 is 0 Å². The molecule has 110 valence electrons. The second-order valence-electron chi connectivity index (χ2n) is 5.51. The van der Waals surface area contributed by atoms with Gasteiger partial charge in [0.2, 0.25) is 0 Å². The number of Topliss-reactive ketones (excluding diaryl/α,β-unsaturated/α-hetero) is 1. The fourth-order valence-electron chi connectivity index (χ4n) is 2.85. The number of pyridine rings is 1. The molecule has 1 aliphatic heterocycles. The first-order valence-corrected chi connectivity index (χ1v) is 7.48. The molecule has 1 saturated heterocycles. The summed E-state index contributed by atoms with van der Waals surface area (Å²) in [6.45, 7) is 1.64. The maximum atomic E-state index is 12.5. The van der Waals surface area contributed by atoms with Crippen LogP contribution in [0.3, 0.4) is 0 Å². The molecule has 4 nitrogen and oxygen atoms in total. The van der Waals surface area contributed by atoms with E-state index in [0.717, 1.165) is 37.3 Å². The molecule has 1 fully saturated rings. The van der Waals surface area contributed by atoms with E-state index in [4.69, 9.17) is 5.26 Å². The van der Waals surface area contributed by atoms with E-state index >= 15 is 0 Å². The zero-order chi connectivity index (χ0) is 15.4. The predicted octanol–water partition coefficient (Wildman–Crippen LogP) is 3.05. The van der Waals surface area contributed by atoms with Crippen molar-refractivity contribution in [1.29, 1.82) is 5.26 Å². The summed E-state index contributed by atoms with van der Waals surface area (Å²) < 4.78 is 0. The second-order valence-corrected chi connectivity index (χ2v) is 5.51. The normalized spacial score (nSPS) is 15.3. The van der Waals surface area contributed by atoms with Crippen molar-refractivity contribution in [3.05, 3.63) is 59.8 Å². The lowest BCUT2D eigenvalue weighted by molar-refractivity contribution is 0.0900. The minimum Gasteiger partial charge on any atom is -0.357 e. The van der Waals surface area contributed by atoms with Crippen LogP contribution in [0, 0.1) is 17.2 Å². The third-order valence-electron chi connectivity index (χ3n) is 4.13. The highest BCUT2D eigenvalue weighted by molar-refractivity contribution is 5.97. The van der Waals surface area contributed by atoms with Crippen molar-refractivity contribution >= 4 is 11.6 Å². The Labute approximate surface area is 130 Å². The van der Waals surface area contributed by atoms with E-state index in [0.29, 0.717) is 5.56 Å². The zero-order valence-electron chi connectivity index (χ0n) is 12.3. The Morgan fingerprint density at radius 3 is 2.45 bits per heavy atom. The Morgan fingerprint density at radius 2 is 1.86 bits per heavy atom. The lowest BCUT2D eigenvalue weighted by Gasteiger charge is -2.32. The zero-order valence-corrected chi connectivity index (χ0v) is 12.3. The van der Waals surface area contributed by atoms with Crippen LogP contribution in [0.5, 0.6) is 0 Å². The highest BCUT2D eigenvalue weighted by Gasteiger charge is 2.26. The van der Waals surface area contributed by atoms with Crippen LogP contribution in [0.15, 0.2) is 48.7 Å². The average Bonchev–Trinajstić information content (AvgIpc) is 2.62. The molecular formula is C18H17N3O. The number of ketones is 1. The molecule has 0 amide bonds. The molecular weight excluding hydrogens is 274 g/mol. The molecule has 0 unspecified atom stereocenters. The number of rotatable bonds is 3. The van der Waals surface area contributed by atoms with Crippen LogP contribution in [0.25, 0.3) is 0 Å². The van der Waals surface area contributed by atoms with Gasteiger partial charge in [0, 0.05) is 30.8 Å². The van der Waals surface area contributed by atoms with Gasteiger partial charge in [-0.05, 0) is 25.0 Å². The number of anilines is 1. The van der Waals surface area contributed by atoms with Gasteiger partial charge in [0.05, 0.1) is 5.56 Å². The number of carbonyl (C=O) groups excluding carboxylic acids is 1. The van der Waals surface area contributed by atoms with Gasteiger partial charge in [0.15, 0.2) is 5.78 Å². The summed E-state index contributed by atoms with van der Waals surface area (Å²) in [7, 11) is 0. The lowest BCUT2D eigenvalue weighted by atomic mass is 9.89. The highest BCUT2D eigenvalue weighted by Crippen LogP contribution is 2.24. The Balaban J connectivity index is 1.62. The number of aromatic nitrogens is 1. The van der Waals surface area contributed by atoms with Crippen LogP contribution in [0.1, 0.15) is 28.8 Å². The number of benzene rings is 1. The third-order valence-corrected chi connectivity index (χ3v) is 4.13. The van der Waals surface area contributed by atoms with Gasteiger partial charge in [0.1, 0.15) is 11.9 Å². The highest BCUT2D eigenvalue weighted by atomic mass is 16.1. The van der Waals surface area contributed by atoms with Gasteiger partial charge < -0.3 is 4.90 Å². The van der Waals surface area contributed by atoms with E-state index in [-0.39, 0.29) is 11.7 Å². The van der Waals surface area contributed by atoms with Crippen LogP contribution in [0.4, 0.5) is 5.82 Å². The average molecular weight is 291 g/mol. The van der Waals surface area contributed by atoms with E-state index in [1.54, 1.807) is 12.3 Å². The second kappa shape index (κ2) is 6.40. The van der Waals surface area contributed by atoms with E-state index < -0.39 is 0 Å². The topological polar surface area (TPSA) is 57.0 Å². The molecule has 0 radical (unpaired) electrons. The van der Waals surface area contributed by atoms with Crippen molar-refractivity contribution in [2.24, 2.45) is 5.92 Å². The largest absolute Gasteiger partial charge is 0.357 e. The molecule has 4 heteroatoms. The summed E-state index contributed by atoms with van der Waals surface area (Å²) in [5.74, 6) is 1.22. The molecule has 1 aromatic carbocycles. The summed E-state index contributed by atoms with van der Waals surface area (Å²) in [5, 5.41) is 8.80. The molecule has 0 saturated carbocycles. The molecule has 0 N–H and O–H groups in total. The fourth-order valence-corrected chi connectivity index (χ4v) is 2.85. The molecule has 0 atom stereocenters. The van der Waals surface area contributed by atoms with Gasteiger partial charge in [-0.2, -0.15) is 5.26 Å². The lowest BCUT2D eigenvalue weighted by Crippen LogP contribution is -2.36. The van der Waals surface area contributed by atoms with Crippen LogP contribution in [0.2, 0.25) is 0 Å². The Hall–Kier alpha value is -2.67. The van der Waals surface area contributed by atoms with Gasteiger partial charge in [0.25, 0.3) is 0 Å². The summed E-state index contributed by atoms with van der Waals surface area (Å²) in [6.07, 6.45) is 3.28. The molecule has 0 bridgehead atoms. The van der Waals surface area contributed by atoms with Crippen molar-refractivity contribution in [1.82, 2.24) is 4.98 Å². The van der Waals surface area contributed by atoms with Crippen molar-refractivity contribution in [3.8, 4) is 6.07 Å². The number of piperidine rings is 1. The third kappa shape index (κ3) is 2.99. The Bertz CT molecular complexity index is 681. The quantitative estimate of drug-likeness (QED) is 0.816. The van der Waals surface area contributed by atoms with Gasteiger partial charge in [-0.1, -0.05) is 30.3 Å². The molecule has 0 spiro atoms. The maximum absolute atomic E-state index is 12.5. The first-order chi connectivity index (χ1) is 10.8. The van der Waals surface area contributed by atoms with Gasteiger partial charge in [-0.3, -0.25) is 4.79 Å². The van der Waals surface area contributed by atoms with Crippen molar-refractivity contribution in [2.75, 3.05) is 18.0 Å². The first-order valence-electron chi connectivity index (χ1n) is 7.48. The number of hydrogen-bond donors (Lipinski definition) is 0. The molecule has 2 heterocycles. The molecule has 0 aliphatic carbocycles. The smallest absolute Gasteiger partial charge is 0.166 e.